The van der Waals surface area contributed by atoms with Crippen molar-refractivity contribution in [2.45, 2.75) is 6.92 Å². The molecule has 154 valence electrons. The lowest BCUT2D eigenvalue weighted by Gasteiger charge is -2.13. The maximum absolute atomic E-state index is 12.5. The first-order chi connectivity index (χ1) is 14.4. The summed E-state index contributed by atoms with van der Waals surface area (Å²) in [5.41, 5.74) is 2.41. The second kappa shape index (κ2) is 9.89. The van der Waals surface area contributed by atoms with Crippen molar-refractivity contribution in [2.75, 3.05) is 19.6 Å². The Hall–Kier alpha value is -3.39. The third kappa shape index (κ3) is 5.57. The Labute approximate surface area is 178 Å². The van der Waals surface area contributed by atoms with Gasteiger partial charge in [-0.15, -0.1) is 0 Å². The molecule has 1 fully saturated rings. The molecular weight excluding hydrogens is 402 g/mol. The number of nitrogens with zero attached hydrogens (tertiary/aromatic N) is 1. The number of imide groups is 1. The Kier molecular flexibility index (Phi) is 7.03. The Bertz CT molecular complexity index is 987. The molecule has 8 heteroatoms. The zero-order valence-electron chi connectivity index (χ0n) is 16.4. The summed E-state index contributed by atoms with van der Waals surface area (Å²) in [5, 5.41) is 4.75. The van der Waals surface area contributed by atoms with Crippen LogP contribution < -0.4 is 10.6 Å². The van der Waals surface area contributed by atoms with Gasteiger partial charge in [-0.05, 0) is 42.5 Å². The second-order valence-electron chi connectivity index (χ2n) is 6.64. The largest absolute Gasteiger partial charge is 0.353 e. The lowest BCUT2D eigenvalue weighted by atomic mass is 10.1. The van der Waals surface area contributed by atoms with E-state index < -0.39 is 5.91 Å². The summed E-state index contributed by atoms with van der Waals surface area (Å²) in [5.74, 6) is -1.13. The minimum Gasteiger partial charge on any atom is -0.353 e. The number of benzene rings is 2. The first kappa shape index (κ1) is 21.3. The minimum absolute atomic E-state index is 0.0638. The Morgan fingerprint density at radius 1 is 1.00 bits per heavy atom. The SMILES string of the molecule is Cc1ccc(/C=C2\SC(=O)N(CCNC(=O)CNC(=O)c3ccccc3)C2=O)cc1. The minimum atomic E-state index is -0.401. The summed E-state index contributed by atoms with van der Waals surface area (Å²) in [6.07, 6.45) is 1.68. The molecule has 0 aliphatic carbocycles. The molecule has 2 aromatic carbocycles. The van der Waals surface area contributed by atoms with Gasteiger partial charge in [0.05, 0.1) is 11.4 Å². The first-order valence-corrected chi connectivity index (χ1v) is 10.2. The van der Waals surface area contributed by atoms with Gasteiger partial charge in [-0.3, -0.25) is 24.1 Å². The van der Waals surface area contributed by atoms with Crippen molar-refractivity contribution in [1.82, 2.24) is 15.5 Å². The fourth-order valence-corrected chi connectivity index (χ4v) is 3.59. The van der Waals surface area contributed by atoms with Crippen molar-refractivity contribution in [2.24, 2.45) is 0 Å². The zero-order chi connectivity index (χ0) is 21.5. The maximum atomic E-state index is 12.5. The average Bonchev–Trinajstić information content (AvgIpc) is 3.01. The van der Waals surface area contributed by atoms with Crippen molar-refractivity contribution in [3.05, 3.63) is 76.2 Å². The van der Waals surface area contributed by atoms with Gasteiger partial charge in [-0.1, -0.05) is 48.0 Å². The standard InChI is InChI=1S/C22H21N3O4S/c1-15-7-9-16(10-8-15)13-18-21(28)25(22(29)30-18)12-11-23-19(26)14-24-20(27)17-5-3-2-4-6-17/h2-10,13H,11-12,14H2,1H3,(H,23,26)(H,24,27)/b18-13-. The van der Waals surface area contributed by atoms with Gasteiger partial charge in [-0.25, -0.2) is 0 Å². The van der Waals surface area contributed by atoms with E-state index >= 15 is 0 Å². The van der Waals surface area contributed by atoms with Gasteiger partial charge < -0.3 is 10.6 Å². The van der Waals surface area contributed by atoms with Crippen LogP contribution in [0.25, 0.3) is 6.08 Å². The first-order valence-electron chi connectivity index (χ1n) is 9.36. The second-order valence-corrected chi connectivity index (χ2v) is 7.64. The van der Waals surface area contributed by atoms with Gasteiger partial charge in [0.2, 0.25) is 5.91 Å². The van der Waals surface area contributed by atoms with Crippen molar-refractivity contribution < 1.29 is 19.2 Å². The molecule has 1 heterocycles. The number of aryl methyl sites for hydroxylation is 1. The predicted octanol–water partition coefficient (Wildman–Crippen LogP) is 2.58. The number of carbonyl (C=O) groups excluding carboxylic acids is 4. The van der Waals surface area contributed by atoms with Gasteiger partial charge in [0.15, 0.2) is 0 Å². The molecule has 1 aliphatic rings. The van der Waals surface area contributed by atoms with Crippen LogP contribution in [0.15, 0.2) is 59.5 Å². The number of nitrogens with one attached hydrogen (secondary N) is 2. The molecule has 7 nitrogen and oxygen atoms in total. The van der Waals surface area contributed by atoms with E-state index in [1.54, 1.807) is 36.4 Å². The summed E-state index contributed by atoms with van der Waals surface area (Å²) >= 11 is 0.880. The molecule has 0 aromatic heterocycles. The molecule has 0 radical (unpaired) electrons. The molecule has 4 amide bonds. The van der Waals surface area contributed by atoms with E-state index in [1.165, 1.54) is 0 Å². The lowest BCUT2D eigenvalue weighted by Crippen LogP contribution is -2.41. The Morgan fingerprint density at radius 2 is 1.70 bits per heavy atom. The highest BCUT2D eigenvalue weighted by atomic mass is 32.2. The van der Waals surface area contributed by atoms with Crippen molar-refractivity contribution in [3.63, 3.8) is 0 Å². The normalized spacial score (nSPS) is 14.8. The summed E-state index contributed by atoms with van der Waals surface area (Å²) in [4.78, 5) is 49.9. The summed E-state index contributed by atoms with van der Waals surface area (Å²) in [6, 6.07) is 16.2. The quantitative estimate of drug-likeness (QED) is 0.668. The summed E-state index contributed by atoms with van der Waals surface area (Å²) in [7, 11) is 0. The number of amides is 4. The Balaban J connectivity index is 1.45. The molecule has 30 heavy (non-hydrogen) atoms. The number of hydrogen-bond donors (Lipinski definition) is 2. The number of thioether (sulfide) groups is 1. The lowest BCUT2D eigenvalue weighted by molar-refractivity contribution is -0.124. The van der Waals surface area contributed by atoms with E-state index in [4.69, 9.17) is 0 Å². The molecule has 1 aliphatic heterocycles. The molecule has 2 aromatic rings. The Morgan fingerprint density at radius 3 is 2.40 bits per heavy atom. The van der Waals surface area contributed by atoms with Gasteiger partial charge >= 0.3 is 0 Å². The van der Waals surface area contributed by atoms with E-state index in [1.807, 2.05) is 31.2 Å². The molecule has 2 N–H and O–H groups in total. The van der Waals surface area contributed by atoms with Crippen LogP contribution in [-0.2, 0) is 9.59 Å². The van der Waals surface area contributed by atoms with Crippen LogP contribution in [0.5, 0.6) is 0 Å². The monoisotopic (exact) mass is 423 g/mol. The highest BCUT2D eigenvalue weighted by Crippen LogP contribution is 2.31. The summed E-state index contributed by atoms with van der Waals surface area (Å²) in [6.45, 7) is 1.95. The molecular formula is C22H21N3O4S. The van der Waals surface area contributed by atoms with Crippen LogP contribution in [0.2, 0.25) is 0 Å². The fourth-order valence-electron chi connectivity index (χ4n) is 2.73. The van der Waals surface area contributed by atoms with Gasteiger partial charge in [-0.2, -0.15) is 0 Å². The van der Waals surface area contributed by atoms with E-state index in [0.29, 0.717) is 10.5 Å². The van der Waals surface area contributed by atoms with Crippen LogP contribution in [0.3, 0.4) is 0 Å². The molecule has 0 bridgehead atoms. The molecule has 0 atom stereocenters. The maximum Gasteiger partial charge on any atom is 0.293 e. The highest BCUT2D eigenvalue weighted by Gasteiger charge is 2.34. The fraction of sp³-hybridized carbons (Fsp3) is 0.182. The highest BCUT2D eigenvalue weighted by molar-refractivity contribution is 8.18. The van der Waals surface area contributed by atoms with E-state index in [2.05, 4.69) is 10.6 Å². The van der Waals surface area contributed by atoms with Crippen molar-refractivity contribution >= 4 is 40.8 Å². The van der Waals surface area contributed by atoms with Crippen LogP contribution in [-0.4, -0.2) is 47.5 Å². The van der Waals surface area contributed by atoms with E-state index in [9.17, 15) is 19.2 Å². The predicted molar refractivity (Wildman–Crippen MR) is 116 cm³/mol. The van der Waals surface area contributed by atoms with Crippen LogP contribution >= 0.6 is 11.8 Å². The van der Waals surface area contributed by atoms with Crippen LogP contribution in [0.1, 0.15) is 21.5 Å². The number of carbonyl (C=O) groups is 4. The van der Waals surface area contributed by atoms with Gasteiger partial charge in [0.1, 0.15) is 0 Å². The van der Waals surface area contributed by atoms with Gasteiger partial charge in [0, 0.05) is 18.7 Å². The number of hydrogen-bond acceptors (Lipinski definition) is 5. The molecule has 1 saturated heterocycles. The van der Waals surface area contributed by atoms with Crippen molar-refractivity contribution in [3.8, 4) is 0 Å². The van der Waals surface area contributed by atoms with Crippen LogP contribution in [0.4, 0.5) is 4.79 Å². The topological polar surface area (TPSA) is 95.6 Å². The smallest absolute Gasteiger partial charge is 0.293 e. The van der Waals surface area contributed by atoms with E-state index in [-0.39, 0.29) is 36.7 Å². The third-order valence-electron chi connectivity index (χ3n) is 4.35. The molecule has 3 rings (SSSR count). The average molecular weight is 423 g/mol. The molecule has 0 spiro atoms. The van der Waals surface area contributed by atoms with E-state index in [0.717, 1.165) is 27.8 Å². The third-order valence-corrected chi connectivity index (χ3v) is 5.26. The molecule has 0 saturated carbocycles. The zero-order valence-corrected chi connectivity index (χ0v) is 17.2. The number of rotatable bonds is 7. The van der Waals surface area contributed by atoms with Crippen molar-refractivity contribution in [1.29, 1.82) is 0 Å². The molecule has 0 unspecified atom stereocenters. The van der Waals surface area contributed by atoms with Gasteiger partial charge in [0.25, 0.3) is 17.1 Å². The van der Waals surface area contributed by atoms with Crippen LogP contribution in [0, 0.1) is 6.92 Å². The summed E-state index contributed by atoms with van der Waals surface area (Å²) < 4.78 is 0.